The van der Waals surface area contributed by atoms with Gasteiger partial charge in [0, 0.05) is 23.5 Å². The van der Waals surface area contributed by atoms with Crippen molar-refractivity contribution in [2.45, 2.75) is 0 Å². The molecule has 3 rings (SSSR count). The molecule has 1 aromatic heterocycles. The topological polar surface area (TPSA) is 54.4 Å². The molecule has 0 fully saturated rings. The van der Waals surface area contributed by atoms with Crippen LogP contribution >= 0.6 is 0 Å². The van der Waals surface area contributed by atoms with Gasteiger partial charge in [-0.05, 0) is 29.3 Å². The minimum atomic E-state index is -0.246. The Balaban J connectivity index is 1.65. The maximum atomic E-state index is 12.0. The quantitative estimate of drug-likeness (QED) is 0.592. The summed E-state index contributed by atoms with van der Waals surface area (Å²) in [7, 11) is 0. The lowest BCUT2D eigenvalue weighted by Crippen LogP contribution is -2.17. The van der Waals surface area contributed by atoms with Gasteiger partial charge in [0.15, 0.2) is 0 Å². The summed E-state index contributed by atoms with van der Waals surface area (Å²) in [5.74, 6) is -0.246. The van der Waals surface area contributed by atoms with Crippen LogP contribution in [0.25, 0.3) is 11.1 Å². The zero-order chi connectivity index (χ0) is 15.9. The number of carbonyl (C=O) groups is 1. The van der Waals surface area contributed by atoms with Crippen LogP contribution in [0.2, 0.25) is 0 Å². The smallest absolute Gasteiger partial charge is 0.267 e. The van der Waals surface area contributed by atoms with E-state index < -0.39 is 0 Å². The lowest BCUT2D eigenvalue weighted by molar-refractivity contribution is 0.0955. The lowest BCUT2D eigenvalue weighted by atomic mass is 10.0. The molecule has 1 amide bonds. The van der Waals surface area contributed by atoms with Crippen molar-refractivity contribution >= 4 is 12.1 Å². The first-order chi connectivity index (χ1) is 11.3. The fourth-order valence-corrected chi connectivity index (χ4v) is 2.13. The number of benzene rings is 2. The van der Waals surface area contributed by atoms with E-state index in [1.165, 1.54) is 0 Å². The third-order valence-electron chi connectivity index (χ3n) is 3.32. The molecule has 4 nitrogen and oxygen atoms in total. The average Bonchev–Trinajstić information content (AvgIpc) is 2.63. The maximum absolute atomic E-state index is 12.0. The summed E-state index contributed by atoms with van der Waals surface area (Å²) in [5, 5.41) is 3.93. The molecule has 1 N–H and O–H groups in total. The van der Waals surface area contributed by atoms with Crippen LogP contribution in [-0.2, 0) is 0 Å². The van der Waals surface area contributed by atoms with Crippen LogP contribution in [0.3, 0.4) is 0 Å². The molecule has 0 saturated carbocycles. The van der Waals surface area contributed by atoms with Crippen molar-refractivity contribution in [2.24, 2.45) is 5.10 Å². The molecular weight excluding hydrogens is 286 g/mol. The van der Waals surface area contributed by atoms with Crippen molar-refractivity contribution < 1.29 is 4.79 Å². The first kappa shape index (κ1) is 14.7. The molecule has 23 heavy (non-hydrogen) atoms. The third kappa shape index (κ3) is 3.89. The van der Waals surface area contributed by atoms with Gasteiger partial charge < -0.3 is 0 Å². The van der Waals surface area contributed by atoms with Gasteiger partial charge in [0.05, 0.1) is 6.21 Å². The molecule has 0 aliphatic heterocycles. The maximum Gasteiger partial charge on any atom is 0.271 e. The van der Waals surface area contributed by atoms with E-state index in [0.717, 1.165) is 16.7 Å². The van der Waals surface area contributed by atoms with Crippen molar-refractivity contribution in [3.05, 3.63) is 90.3 Å². The molecule has 0 saturated heterocycles. The number of hydrogen-bond donors (Lipinski definition) is 1. The molecule has 3 aromatic rings. The number of rotatable bonds is 4. The Hall–Kier alpha value is -3.27. The van der Waals surface area contributed by atoms with Crippen LogP contribution in [-0.4, -0.2) is 17.1 Å². The van der Waals surface area contributed by atoms with E-state index in [-0.39, 0.29) is 5.91 Å². The second kappa shape index (κ2) is 7.13. The minimum Gasteiger partial charge on any atom is -0.267 e. The molecule has 4 heteroatoms. The number of nitrogens with one attached hydrogen (secondary N) is 1. The largest absolute Gasteiger partial charge is 0.271 e. The van der Waals surface area contributed by atoms with E-state index in [2.05, 4.69) is 15.5 Å². The highest BCUT2D eigenvalue weighted by Gasteiger charge is 2.04. The second-order valence-electron chi connectivity index (χ2n) is 4.93. The van der Waals surface area contributed by atoms with E-state index in [1.54, 1.807) is 30.7 Å². The van der Waals surface area contributed by atoms with Gasteiger partial charge in [0.1, 0.15) is 0 Å². The van der Waals surface area contributed by atoms with E-state index in [0.29, 0.717) is 5.56 Å². The SMILES string of the molecule is O=C(N/N=C/c1cccnc1)c1ccc(-c2ccccc2)cc1. The van der Waals surface area contributed by atoms with Gasteiger partial charge >= 0.3 is 0 Å². The normalized spacial score (nSPS) is 10.6. The summed E-state index contributed by atoms with van der Waals surface area (Å²) >= 11 is 0. The highest BCUT2D eigenvalue weighted by molar-refractivity contribution is 5.95. The zero-order valence-electron chi connectivity index (χ0n) is 12.4. The molecule has 0 bridgehead atoms. The van der Waals surface area contributed by atoms with Crippen molar-refractivity contribution in [2.75, 3.05) is 0 Å². The van der Waals surface area contributed by atoms with Crippen LogP contribution in [0, 0.1) is 0 Å². The van der Waals surface area contributed by atoms with Crippen LogP contribution in [0.15, 0.2) is 84.2 Å². The van der Waals surface area contributed by atoms with E-state index >= 15 is 0 Å². The molecule has 0 atom stereocenters. The summed E-state index contributed by atoms with van der Waals surface area (Å²) in [6.45, 7) is 0. The Morgan fingerprint density at radius 2 is 1.65 bits per heavy atom. The lowest BCUT2D eigenvalue weighted by Gasteiger charge is -2.03. The molecule has 0 radical (unpaired) electrons. The Morgan fingerprint density at radius 1 is 0.913 bits per heavy atom. The van der Waals surface area contributed by atoms with Crippen LogP contribution < -0.4 is 5.43 Å². The zero-order valence-corrected chi connectivity index (χ0v) is 12.4. The van der Waals surface area contributed by atoms with Crippen molar-refractivity contribution in [3.63, 3.8) is 0 Å². The van der Waals surface area contributed by atoms with Gasteiger partial charge in [-0.2, -0.15) is 5.10 Å². The highest BCUT2D eigenvalue weighted by Crippen LogP contribution is 2.19. The van der Waals surface area contributed by atoms with E-state index in [9.17, 15) is 4.79 Å². The fourth-order valence-electron chi connectivity index (χ4n) is 2.13. The van der Waals surface area contributed by atoms with Crippen molar-refractivity contribution in [1.29, 1.82) is 0 Å². The van der Waals surface area contributed by atoms with Gasteiger partial charge in [-0.3, -0.25) is 9.78 Å². The Bertz CT molecular complexity index is 797. The molecule has 112 valence electrons. The highest BCUT2D eigenvalue weighted by atomic mass is 16.2. The Morgan fingerprint density at radius 3 is 2.35 bits per heavy atom. The number of nitrogens with zero attached hydrogens (tertiary/aromatic N) is 2. The third-order valence-corrected chi connectivity index (χ3v) is 3.32. The number of amides is 1. The molecule has 0 aliphatic carbocycles. The minimum absolute atomic E-state index is 0.246. The predicted molar refractivity (Wildman–Crippen MR) is 91.2 cm³/mol. The van der Waals surface area contributed by atoms with Gasteiger partial charge in [-0.1, -0.05) is 48.5 Å². The van der Waals surface area contributed by atoms with E-state index in [4.69, 9.17) is 0 Å². The molecule has 0 spiro atoms. The average molecular weight is 301 g/mol. The fraction of sp³-hybridized carbons (Fsp3) is 0. The predicted octanol–water partition coefficient (Wildman–Crippen LogP) is 3.51. The first-order valence-corrected chi connectivity index (χ1v) is 7.22. The monoisotopic (exact) mass is 301 g/mol. The molecule has 2 aromatic carbocycles. The van der Waals surface area contributed by atoms with Gasteiger partial charge in [-0.25, -0.2) is 5.43 Å². The molecular formula is C19H15N3O. The summed E-state index contributed by atoms with van der Waals surface area (Å²) in [4.78, 5) is 16.0. The van der Waals surface area contributed by atoms with Crippen LogP contribution in [0.4, 0.5) is 0 Å². The number of hydrogen-bond acceptors (Lipinski definition) is 3. The number of hydrazone groups is 1. The molecule has 0 aliphatic rings. The van der Waals surface area contributed by atoms with Gasteiger partial charge in [0.25, 0.3) is 5.91 Å². The van der Waals surface area contributed by atoms with Gasteiger partial charge in [-0.15, -0.1) is 0 Å². The Labute approximate surface area is 134 Å². The molecule has 1 heterocycles. The summed E-state index contributed by atoms with van der Waals surface area (Å²) < 4.78 is 0. The summed E-state index contributed by atoms with van der Waals surface area (Å²) in [6.07, 6.45) is 4.91. The first-order valence-electron chi connectivity index (χ1n) is 7.22. The van der Waals surface area contributed by atoms with E-state index in [1.807, 2.05) is 54.6 Å². The Kier molecular flexibility index (Phi) is 4.55. The van der Waals surface area contributed by atoms with Gasteiger partial charge in [0.2, 0.25) is 0 Å². The standard InChI is InChI=1S/C19H15N3O/c23-19(22-21-14-15-5-4-12-20-13-15)18-10-8-17(9-11-18)16-6-2-1-3-7-16/h1-14H,(H,22,23)/b21-14+. The molecule has 0 unspecified atom stereocenters. The number of carbonyl (C=O) groups excluding carboxylic acids is 1. The van der Waals surface area contributed by atoms with Crippen molar-refractivity contribution in [1.82, 2.24) is 10.4 Å². The van der Waals surface area contributed by atoms with Crippen molar-refractivity contribution in [3.8, 4) is 11.1 Å². The number of aromatic nitrogens is 1. The number of pyridine rings is 1. The summed E-state index contributed by atoms with van der Waals surface area (Å²) in [5.41, 5.74) is 6.09. The summed E-state index contributed by atoms with van der Waals surface area (Å²) in [6, 6.07) is 21.1. The van der Waals surface area contributed by atoms with Crippen LogP contribution in [0.5, 0.6) is 0 Å². The second-order valence-corrected chi connectivity index (χ2v) is 4.93. The van der Waals surface area contributed by atoms with Crippen LogP contribution in [0.1, 0.15) is 15.9 Å².